The van der Waals surface area contributed by atoms with Gasteiger partial charge in [0.25, 0.3) is 0 Å². The molecule has 0 spiro atoms. The Labute approximate surface area is 149 Å². The number of quaternary nitrogens is 1. The average Bonchev–Trinajstić information content (AvgIpc) is 2.55. The van der Waals surface area contributed by atoms with E-state index in [9.17, 15) is 4.79 Å². The van der Waals surface area contributed by atoms with E-state index in [0.717, 1.165) is 17.4 Å². The van der Waals surface area contributed by atoms with Crippen LogP contribution in [0.2, 0.25) is 0 Å². The van der Waals surface area contributed by atoms with Crippen molar-refractivity contribution in [2.24, 2.45) is 0 Å². The molecule has 0 saturated heterocycles. The Morgan fingerprint density at radius 1 is 1.26 bits per heavy atom. The molecule has 23 heavy (non-hydrogen) atoms. The Bertz CT molecular complexity index is 490. The van der Waals surface area contributed by atoms with Gasteiger partial charge in [-0.15, -0.1) is 0 Å². The minimum Gasteiger partial charge on any atom is -0.358 e. The van der Waals surface area contributed by atoms with Crippen molar-refractivity contribution in [3.63, 3.8) is 0 Å². The first-order chi connectivity index (χ1) is 11.0. The fourth-order valence-electron chi connectivity index (χ4n) is 2.31. The van der Waals surface area contributed by atoms with Crippen LogP contribution in [0.1, 0.15) is 25.5 Å². The molecule has 0 aliphatic carbocycles. The first kappa shape index (κ1) is 19.9. The number of rotatable bonds is 8. The summed E-state index contributed by atoms with van der Waals surface area (Å²) in [6.07, 6.45) is 0. The zero-order valence-corrected chi connectivity index (χ0v) is 16.1. The quantitative estimate of drug-likeness (QED) is 0.691. The van der Waals surface area contributed by atoms with Crippen molar-refractivity contribution in [3.8, 4) is 0 Å². The molecule has 0 bridgehead atoms. The molecule has 0 aliphatic heterocycles. The first-order valence-corrected chi connectivity index (χ1v) is 9.42. The molecular formula is C17H28N3OS2+. The van der Waals surface area contributed by atoms with Crippen molar-refractivity contribution in [3.05, 3.63) is 35.9 Å². The molecule has 1 aromatic rings. The number of carbonyl (C=O) groups is 1. The number of benzene rings is 1. The number of hydrogen-bond acceptors (Lipinski definition) is 3. The summed E-state index contributed by atoms with van der Waals surface area (Å²) in [6.45, 7) is 6.53. The van der Waals surface area contributed by atoms with Gasteiger partial charge in [0.15, 0.2) is 0 Å². The molecular weight excluding hydrogens is 326 g/mol. The van der Waals surface area contributed by atoms with E-state index in [-0.39, 0.29) is 11.9 Å². The number of thioether (sulfide) groups is 1. The number of likely N-dealkylation sites (N-methyl/N-ethyl adjacent to an activating group) is 1. The summed E-state index contributed by atoms with van der Waals surface area (Å²) in [6, 6.07) is 10.5. The van der Waals surface area contributed by atoms with Crippen LogP contribution in [0.4, 0.5) is 0 Å². The minimum atomic E-state index is 0.0340. The van der Waals surface area contributed by atoms with Crippen LogP contribution in [-0.2, 0) is 4.79 Å². The molecule has 0 heterocycles. The van der Waals surface area contributed by atoms with E-state index in [1.807, 2.05) is 18.2 Å². The highest BCUT2D eigenvalue weighted by molar-refractivity contribution is 8.23. The van der Waals surface area contributed by atoms with Gasteiger partial charge >= 0.3 is 0 Å². The Morgan fingerprint density at radius 3 is 2.39 bits per heavy atom. The third-order valence-corrected chi connectivity index (χ3v) is 5.27. The van der Waals surface area contributed by atoms with Gasteiger partial charge in [0.2, 0.25) is 5.91 Å². The summed E-state index contributed by atoms with van der Waals surface area (Å²) in [5.41, 5.74) is 1.24. The lowest BCUT2D eigenvalue weighted by molar-refractivity contribution is -0.890. The highest BCUT2D eigenvalue weighted by Crippen LogP contribution is 2.10. The van der Waals surface area contributed by atoms with Crippen LogP contribution < -0.4 is 10.2 Å². The lowest BCUT2D eigenvalue weighted by atomic mass is 10.1. The fraction of sp³-hybridized carbons (Fsp3) is 0.529. The number of nitrogens with zero attached hydrogens (tertiary/aromatic N) is 1. The molecule has 6 heteroatoms. The average molecular weight is 355 g/mol. The molecule has 0 saturated carbocycles. The summed E-state index contributed by atoms with van der Waals surface area (Å²) in [5, 5.41) is 3.03. The Balaban J connectivity index is 2.46. The number of hydrogen-bond donors (Lipinski definition) is 2. The van der Waals surface area contributed by atoms with Crippen LogP contribution >= 0.6 is 24.0 Å². The van der Waals surface area contributed by atoms with Crippen molar-refractivity contribution >= 4 is 34.2 Å². The van der Waals surface area contributed by atoms with Crippen molar-refractivity contribution in [1.82, 2.24) is 10.2 Å². The number of thiocarbonyl (C=S) groups is 1. The third-order valence-electron chi connectivity index (χ3n) is 3.75. The molecule has 4 nitrogen and oxygen atoms in total. The Hall–Kier alpha value is -1.11. The molecule has 0 unspecified atom stereocenters. The maximum Gasteiger partial charge on any atom is 0.230 e. The molecule has 1 rings (SSSR count). The normalized spacial score (nSPS) is 12.0. The molecule has 0 aliphatic rings. The van der Waals surface area contributed by atoms with Crippen LogP contribution in [-0.4, -0.2) is 54.6 Å². The molecule has 2 N–H and O–H groups in total. The monoisotopic (exact) mass is 354 g/mol. The Kier molecular flexibility index (Phi) is 9.21. The molecule has 0 radical (unpaired) electrons. The van der Waals surface area contributed by atoms with E-state index in [2.05, 4.69) is 50.3 Å². The van der Waals surface area contributed by atoms with Gasteiger partial charge < -0.3 is 15.1 Å². The summed E-state index contributed by atoms with van der Waals surface area (Å²) in [4.78, 5) is 15.5. The van der Waals surface area contributed by atoms with E-state index in [4.69, 9.17) is 12.2 Å². The standard InChI is InChI=1S/C17H27N3OS2/c1-5-20(6-2)17(22)23-13-16(21)18-12-15(19(3)4)14-10-8-7-9-11-14/h7-11,15H,5-6,12-13H2,1-4H3,(H,18,21)/p+1/t15-/m0/s1. The molecule has 0 aromatic heterocycles. The summed E-state index contributed by atoms with van der Waals surface area (Å²) in [5.74, 6) is 0.409. The van der Waals surface area contributed by atoms with Gasteiger partial charge in [0, 0.05) is 18.7 Å². The van der Waals surface area contributed by atoms with Gasteiger partial charge in [-0.2, -0.15) is 0 Å². The number of amides is 1. The van der Waals surface area contributed by atoms with Crippen molar-refractivity contribution < 1.29 is 9.69 Å². The second-order valence-corrected chi connectivity index (χ2v) is 7.18. The van der Waals surface area contributed by atoms with Crippen LogP contribution in [0, 0.1) is 0 Å². The summed E-state index contributed by atoms with van der Waals surface area (Å²) in [7, 11) is 4.21. The van der Waals surface area contributed by atoms with Crippen LogP contribution in [0.25, 0.3) is 0 Å². The van der Waals surface area contributed by atoms with E-state index >= 15 is 0 Å². The maximum atomic E-state index is 12.1. The van der Waals surface area contributed by atoms with Gasteiger partial charge in [0.1, 0.15) is 10.4 Å². The van der Waals surface area contributed by atoms with Crippen LogP contribution in [0.3, 0.4) is 0 Å². The second-order valence-electron chi connectivity index (χ2n) is 5.57. The smallest absolute Gasteiger partial charge is 0.230 e. The lowest BCUT2D eigenvalue weighted by Gasteiger charge is -2.23. The molecule has 0 fully saturated rings. The van der Waals surface area contributed by atoms with E-state index in [1.54, 1.807) is 0 Å². The molecule has 1 atom stereocenters. The number of carbonyl (C=O) groups excluding carboxylic acids is 1. The van der Waals surface area contributed by atoms with Crippen LogP contribution in [0.5, 0.6) is 0 Å². The predicted molar refractivity (Wildman–Crippen MR) is 103 cm³/mol. The fourth-order valence-corrected chi connectivity index (χ4v) is 3.54. The van der Waals surface area contributed by atoms with Crippen LogP contribution in [0.15, 0.2) is 30.3 Å². The maximum absolute atomic E-state index is 12.1. The largest absolute Gasteiger partial charge is 0.358 e. The topological polar surface area (TPSA) is 36.8 Å². The van der Waals surface area contributed by atoms with Gasteiger partial charge in [-0.3, -0.25) is 4.79 Å². The first-order valence-electron chi connectivity index (χ1n) is 8.02. The zero-order valence-electron chi connectivity index (χ0n) is 14.5. The summed E-state index contributed by atoms with van der Waals surface area (Å²) < 4.78 is 0.794. The molecule has 1 aromatic carbocycles. The Morgan fingerprint density at radius 2 is 1.87 bits per heavy atom. The predicted octanol–water partition coefficient (Wildman–Crippen LogP) is 1.35. The lowest BCUT2D eigenvalue weighted by Crippen LogP contribution is -3.07. The molecule has 1 amide bonds. The van der Waals surface area contributed by atoms with E-state index < -0.39 is 0 Å². The van der Waals surface area contributed by atoms with Gasteiger partial charge in [-0.05, 0) is 13.8 Å². The van der Waals surface area contributed by atoms with Gasteiger partial charge in [-0.25, -0.2) is 0 Å². The molecule has 128 valence electrons. The SMILES string of the molecule is CCN(CC)C(=S)SCC(=O)NC[C@@H](c1ccccc1)[NH+](C)C. The number of nitrogens with one attached hydrogen (secondary N) is 2. The highest BCUT2D eigenvalue weighted by Gasteiger charge is 2.18. The van der Waals surface area contributed by atoms with Crippen molar-refractivity contribution in [2.75, 3.05) is 39.5 Å². The third kappa shape index (κ3) is 6.89. The zero-order chi connectivity index (χ0) is 17.2. The van der Waals surface area contributed by atoms with Gasteiger partial charge in [0.05, 0.1) is 26.4 Å². The second kappa shape index (κ2) is 10.6. The summed E-state index contributed by atoms with van der Waals surface area (Å²) >= 11 is 6.79. The van der Waals surface area contributed by atoms with E-state index in [1.165, 1.54) is 22.2 Å². The van der Waals surface area contributed by atoms with Crippen molar-refractivity contribution in [2.45, 2.75) is 19.9 Å². The highest BCUT2D eigenvalue weighted by atomic mass is 32.2. The van der Waals surface area contributed by atoms with Crippen molar-refractivity contribution in [1.29, 1.82) is 0 Å². The van der Waals surface area contributed by atoms with E-state index in [0.29, 0.717) is 12.3 Å². The van der Waals surface area contributed by atoms with Gasteiger partial charge in [-0.1, -0.05) is 54.3 Å². The minimum absolute atomic E-state index is 0.0340.